The van der Waals surface area contributed by atoms with Crippen LogP contribution in [0.4, 0.5) is 11.8 Å². The molecule has 3 aliphatic rings. The Hall–Kier alpha value is -3.36. The lowest BCUT2D eigenvalue weighted by molar-refractivity contribution is -0.0551. The van der Waals surface area contributed by atoms with E-state index in [0.717, 1.165) is 0 Å². The fourth-order valence-electron chi connectivity index (χ4n) is 5.81. The van der Waals surface area contributed by atoms with Crippen LogP contribution in [0.25, 0.3) is 22.3 Å². The molecule has 2 saturated heterocycles. The van der Waals surface area contributed by atoms with E-state index in [2.05, 4.69) is 29.9 Å². The Balaban J connectivity index is 1.15. The largest absolute Gasteiger partial charge is 0.472 e. The van der Waals surface area contributed by atoms with Gasteiger partial charge in [0, 0.05) is 12.0 Å². The van der Waals surface area contributed by atoms with E-state index in [9.17, 15) is 28.8 Å². The van der Waals surface area contributed by atoms with E-state index in [4.69, 9.17) is 34.3 Å². The van der Waals surface area contributed by atoms with Crippen molar-refractivity contribution >= 4 is 49.7 Å². The fraction of sp³-hybridized carbons (Fsp3) is 0.524. The molecule has 9 atom stereocenters. The average Bonchev–Trinajstić information content (AvgIpc) is 3.72. The van der Waals surface area contributed by atoms with Crippen LogP contribution in [0.1, 0.15) is 25.1 Å². The Morgan fingerprint density at radius 1 is 0.909 bits per heavy atom. The Morgan fingerprint density at radius 2 is 1.64 bits per heavy atom. The zero-order valence-corrected chi connectivity index (χ0v) is 24.2. The molecule has 7 rings (SSSR count). The standard InChI is InChI=1S/C21H26N10O11P2/c22-16-12-17(25-5-24-16)31(7-26-12)20-14(32)15-11(40-20)4-39-43(34,35)41-10-2-9(1-8(10)3-38-44(36,37)42-15)30-6-27-13-18(30)28-21(23)29-19(13)33/h5-11,14-15,20,32H,1-4H2,(H,34,35)(H,36,37)(H2,22,24,25)(H3,23,28,29,33)/t8-,9-,10?,11-,14?,15?,20-/m1/s1. The second-order valence-electron chi connectivity index (χ2n) is 10.5. The first-order valence-corrected chi connectivity index (χ1v) is 16.2. The fourth-order valence-corrected chi connectivity index (χ4v) is 7.82. The quantitative estimate of drug-likeness (QED) is 0.146. The second-order valence-corrected chi connectivity index (χ2v) is 13.4. The molecule has 4 aromatic rings. The van der Waals surface area contributed by atoms with Gasteiger partial charge in [-0.25, -0.2) is 29.1 Å². The Morgan fingerprint density at radius 3 is 2.45 bits per heavy atom. The smallest absolute Gasteiger partial charge is 0.386 e. The molecule has 3 fully saturated rings. The van der Waals surface area contributed by atoms with Crippen molar-refractivity contribution in [1.82, 2.24) is 39.0 Å². The van der Waals surface area contributed by atoms with Crippen molar-refractivity contribution in [3.8, 4) is 0 Å². The lowest BCUT2D eigenvalue weighted by Gasteiger charge is -2.27. The number of nitrogens with zero attached hydrogens (tertiary/aromatic N) is 7. The van der Waals surface area contributed by atoms with E-state index in [-0.39, 0.29) is 46.9 Å². The number of nitrogen functional groups attached to an aromatic ring is 2. The number of fused-ring (bicyclic) bond motifs is 4. The molecule has 0 amide bonds. The molecule has 2 aliphatic heterocycles. The molecule has 8 N–H and O–H groups in total. The molecule has 0 aromatic carbocycles. The molecule has 5 unspecified atom stereocenters. The number of rotatable bonds is 2. The average molecular weight is 656 g/mol. The number of hydrogen-bond acceptors (Lipinski definition) is 16. The summed E-state index contributed by atoms with van der Waals surface area (Å²) in [6.07, 6.45) is -2.70. The van der Waals surface area contributed by atoms with E-state index < -0.39 is 77.0 Å². The highest BCUT2D eigenvalue weighted by Crippen LogP contribution is 2.55. The molecule has 0 spiro atoms. The minimum absolute atomic E-state index is 0.0368. The lowest BCUT2D eigenvalue weighted by Crippen LogP contribution is -2.36. The zero-order valence-electron chi connectivity index (χ0n) is 22.4. The molecule has 1 saturated carbocycles. The van der Waals surface area contributed by atoms with Gasteiger partial charge >= 0.3 is 15.6 Å². The summed E-state index contributed by atoms with van der Waals surface area (Å²) in [6, 6.07) is -0.482. The Kier molecular flexibility index (Phi) is 7.09. The summed E-state index contributed by atoms with van der Waals surface area (Å²) >= 11 is 0. The number of phosphoric ester groups is 2. The van der Waals surface area contributed by atoms with E-state index in [1.165, 1.54) is 23.5 Å². The zero-order chi connectivity index (χ0) is 31.0. The molecular weight excluding hydrogens is 630 g/mol. The van der Waals surface area contributed by atoms with Crippen LogP contribution < -0.4 is 17.0 Å². The topological polar surface area (TPSA) is 300 Å². The number of aliphatic hydroxyl groups is 1. The van der Waals surface area contributed by atoms with Crippen molar-refractivity contribution in [2.24, 2.45) is 5.92 Å². The van der Waals surface area contributed by atoms with Crippen LogP contribution in [0.5, 0.6) is 0 Å². The number of H-pyrrole nitrogens is 1. The predicted octanol–water partition coefficient (Wildman–Crippen LogP) is -0.649. The van der Waals surface area contributed by atoms with E-state index in [1.54, 1.807) is 4.57 Å². The molecule has 44 heavy (non-hydrogen) atoms. The number of nitrogens with two attached hydrogens (primary N) is 2. The van der Waals surface area contributed by atoms with Crippen LogP contribution in [-0.2, 0) is 32.0 Å². The van der Waals surface area contributed by atoms with Crippen molar-refractivity contribution in [3.63, 3.8) is 0 Å². The number of aliphatic hydroxyl groups excluding tert-OH is 1. The van der Waals surface area contributed by atoms with Crippen molar-refractivity contribution in [2.75, 3.05) is 24.7 Å². The Bertz CT molecular complexity index is 1900. The van der Waals surface area contributed by atoms with Gasteiger partial charge in [0.2, 0.25) is 5.95 Å². The maximum Gasteiger partial charge on any atom is 0.472 e. The molecule has 0 bridgehead atoms. The van der Waals surface area contributed by atoms with Gasteiger partial charge in [-0.1, -0.05) is 0 Å². The minimum atomic E-state index is -4.87. The number of hydrogen-bond donors (Lipinski definition) is 6. The van der Waals surface area contributed by atoms with Gasteiger partial charge in [0.15, 0.2) is 28.9 Å². The summed E-state index contributed by atoms with van der Waals surface area (Å²) in [5.41, 5.74) is 11.6. The van der Waals surface area contributed by atoms with Gasteiger partial charge in [-0.3, -0.25) is 32.4 Å². The molecular formula is C21H26N10O11P2. The van der Waals surface area contributed by atoms with Crippen LogP contribution >= 0.6 is 15.6 Å². The predicted molar refractivity (Wildman–Crippen MR) is 145 cm³/mol. The second kappa shape index (κ2) is 10.6. The lowest BCUT2D eigenvalue weighted by atomic mass is 10.1. The monoisotopic (exact) mass is 656 g/mol. The molecule has 4 aromatic heterocycles. The first-order valence-electron chi connectivity index (χ1n) is 13.2. The van der Waals surface area contributed by atoms with E-state index in [0.29, 0.717) is 0 Å². The normalized spacial score (nSPS) is 36.6. The summed E-state index contributed by atoms with van der Waals surface area (Å²) in [4.78, 5) is 56.2. The SMILES string of the molecule is Nc1nc2c(ncn2[C@H]2CC3OP(=O)(O)OC[C@H]4O[C@@H](n5cnc6c(N)ncnc65)C(O)C4OP(=O)(O)OC[C@H]3C2)c(=O)[nH]1. The number of nitrogens with one attached hydrogen (secondary N) is 1. The maximum atomic E-state index is 13.1. The van der Waals surface area contributed by atoms with Crippen molar-refractivity contribution in [2.45, 2.75) is 49.5 Å². The molecule has 21 nitrogen and oxygen atoms in total. The van der Waals surface area contributed by atoms with Crippen molar-refractivity contribution < 1.29 is 46.9 Å². The first-order chi connectivity index (χ1) is 20.9. The summed E-state index contributed by atoms with van der Waals surface area (Å²) in [5, 5.41) is 11.1. The number of aromatic nitrogens is 8. The van der Waals surface area contributed by atoms with Gasteiger partial charge in [-0.05, 0) is 12.8 Å². The van der Waals surface area contributed by atoms with Gasteiger partial charge in [0.25, 0.3) is 5.56 Å². The third-order valence-corrected chi connectivity index (χ3v) is 9.79. The summed E-state index contributed by atoms with van der Waals surface area (Å²) in [5.74, 6) is -0.780. The van der Waals surface area contributed by atoms with E-state index >= 15 is 0 Å². The van der Waals surface area contributed by atoms with Gasteiger partial charge in [0.05, 0.1) is 32.0 Å². The van der Waals surface area contributed by atoms with Crippen molar-refractivity contribution in [3.05, 3.63) is 29.3 Å². The summed E-state index contributed by atoms with van der Waals surface area (Å²) < 4.78 is 56.4. The van der Waals surface area contributed by atoms with Gasteiger partial charge in [0.1, 0.15) is 30.2 Å². The highest BCUT2D eigenvalue weighted by atomic mass is 31.2. The van der Waals surface area contributed by atoms with Crippen LogP contribution in [-0.4, -0.2) is 91.6 Å². The van der Waals surface area contributed by atoms with Gasteiger partial charge in [-0.15, -0.1) is 0 Å². The summed E-state index contributed by atoms with van der Waals surface area (Å²) in [7, 11) is -9.64. The highest BCUT2D eigenvalue weighted by molar-refractivity contribution is 7.47. The van der Waals surface area contributed by atoms with E-state index in [1.807, 2.05) is 0 Å². The molecule has 236 valence electrons. The maximum absolute atomic E-state index is 13.1. The molecule has 6 heterocycles. The molecule has 23 heteroatoms. The number of ether oxygens (including phenoxy) is 1. The van der Waals surface area contributed by atoms with Crippen LogP contribution in [0.2, 0.25) is 0 Å². The number of anilines is 2. The summed E-state index contributed by atoms with van der Waals surface area (Å²) in [6.45, 7) is -1.13. The van der Waals surface area contributed by atoms with Crippen LogP contribution in [0, 0.1) is 5.92 Å². The molecule has 1 aliphatic carbocycles. The third kappa shape index (κ3) is 5.20. The van der Waals surface area contributed by atoms with Gasteiger partial charge in [-0.2, -0.15) is 4.98 Å². The molecule has 0 radical (unpaired) electrons. The number of aromatic amines is 1. The number of phosphoric acid groups is 2. The van der Waals surface area contributed by atoms with Crippen LogP contribution in [0.15, 0.2) is 23.8 Å². The van der Waals surface area contributed by atoms with Crippen LogP contribution in [0.3, 0.4) is 0 Å². The van der Waals surface area contributed by atoms with Crippen molar-refractivity contribution in [1.29, 1.82) is 0 Å². The minimum Gasteiger partial charge on any atom is -0.386 e. The highest BCUT2D eigenvalue weighted by Gasteiger charge is 2.51. The Labute approximate surface area is 245 Å². The first kappa shape index (κ1) is 29.4. The van der Waals surface area contributed by atoms with Gasteiger partial charge < -0.3 is 35.7 Å². The number of imidazole rings is 2. The third-order valence-electron chi connectivity index (χ3n) is 7.80.